The maximum absolute atomic E-state index is 10.8. The van der Waals surface area contributed by atoms with E-state index in [2.05, 4.69) is 4.99 Å². The van der Waals surface area contributed by atoms with Gasteiger partial charge in [-0.1, -0.05) is 29.3 Å². The number of nitrogens with zero attached hydrogens (tertiary/aromatic N) is 1. The number of nitrogens with two attached hydrogens (primary N) is 2. The zero-order chi connectivity index (χ0) is 11.4. The minimum atomic E-state index is -0.865. The van der Waals surface area contributed by atoms with Gasteiger partial charge in [-0.05, 0) is 12.1 Å². The summed E-state index contributed by atoms with van der Waals surface area (Å²) in [5.74, 6) is -0.192. The summed E-state index contributed by atoms with van der Waals surface area (Å²) in [4.78, 5) is 14.5. The molecule has 6 heteroatoms. The van der Waals surface area contributed by atoms with Crippen molar-refractivity contribution in [1.29, 1.82) is 0 Å². The van der Waals surface area contributed by atoms with Crippen molar-refractivity contribution in [2.75, 3.05) is 0 Å². The van der Waals surface area contributed by atoms with E-state index in [1.165, 1.54) is 0 Å². The van der Waals surface area contributed by atoms with Crippen LogP contribution in [0.5, 0.6) is 0 Å². The average molecular weight is 246 g/mol. The lowest BCUT2D eigenvalue weighted by Gasteiger charge is -2.10. The number of hydrogen-bond donors (Lipinski definition) is 2. The summed E-state index contributed by atoms with van der Waals surface area (Å²) < 4.78 is 0. The molecule has 1 aromatic rings. The molecule has 0 fully saturated rings. The van der Waals surface area contributed by atoms with E-state index in [0.717, 1.165) is 0 Å². The summed E-state index contributed by atoms with van der Waals surface area (Å²) in [5, 5.41) is 0.703. The predicted octanol–water partition coefficient (Wildman–Crippen LogP) is 1.51. The lowest BCUT2D eigenvalue weighted by atomic mass is 10.1. The molecule has 0 aromatic heterocycles. The lowest BCUT2D eigenvalue weighted by molar-refractivity contribution is -0.108. The molecule has 0 radical (unpaired) electrons. The molecule has 4 N–H and O–H groups in total. The van der Waals surface area contributed by atoms with E-state index in [1.807, 2.05) is 0 Å². The molecule has 1 unspecified atom stereocenters. The van der Waals surface area contributed by atoms with Crippen molar-refractivity contribution >= 4 is 35.4 Å². The first kappa shape index (κ1) is 11.8. The van der Waals surface area contributed by atoms with Gasteiger partial charge >= 0.3 is 0 Å². The highest BCUT2D eigenvalue weighted by atomic mass is 35.5. The van der Waals surface area contributed by atoms with Crippen LogP contribution in [-0.2, 0) is 4.79 Å². The molecule has 0 spiro atoms. The Morgan fingerprint density at radius 2 is 1.87 bits per heavy atom. The van der Waals surface area contributed by atoms with E-state index in [0.29, 0.717) is 21.9 Å². The smallest absolute Gasteiger partial charge is 0.186 e. The molecular weight excluding hydrogens is 237 g/mol. The van der Waals surface area contributed by atoms with Crippen molar-refractivity contribution in [2.24, 2.45) is 16.5 Å². The maximum atomic E-state index is 10.8. The summed E-state index contributed by atoms with van der Waals surface area (Å²) in [6, 6.07) is 4.03. The normalized spacial score (nSPS) is 11.9. The minimum Gasteiger partial charge on any atom is -0.370 e. The number of guanidine groups is 1. The number of halogens is 2. The molecule has 1 aromatic carbocycles. The van der Waals surface area contributed by atoms with Gasteiger partial charge in [0, 0.05) is 15.6 Å². The third-order valence-corrected chi connectivity index (χ3v) is 2.37. The van der Waals surface area contributed by atoms with E-state index < -0.39 is 6.04 Å². The van der Waals surface area contributed by atoms with Crippen LogP contribution in [0.2, 0.25) is 10.0 Å². The third-order valence-electron chi connectivity index (χ3n) is 1.71. The van der Waals surface area contributed by atoms with Gasteiger partial charge in [0.2, 0.25) is 0 Å². The number of aldehydes is 1. The minimum absolute atomic E-state index is 0.192. The molecule has 80 valence electrons. The summed E-state index contributed by atoms with van der Waals surface area (Å²) >= 11 is 11.8. The number of hydrogen-bond acceptors (Lipinski definition) is 2. The Morgan fingerprint density at radius 1 is 1.33 bits per heavy atom. The van der Waals surface area contributed by atoms with E-state index in [1.54, 1.807) is 18.2 Å². The Labute approximate surface area is 96.9 Å². The van der Waals surface area contributed by atoms with Gasteiger partial charge in [-0.3, -0.25) is 0 Å². The molecule has 0 aliphatic carbocycles. The number of aliphatic imine (C=N–C) groups is 1. The Morgan fingerprint density at radius 3 is 2.27 bits per heavy atom. The summed E-state index contributed by atoms with van der Waals surface area (Å²) in [6.07, 6.45) is 0.576. The van der Waals surface area contributed by atoms with Gasteiger partial charge in [-0.2, -0.15) is 0 Å². The van der Waals surface area contributed by atoms with Crippen LogP contribution in [0.3, 0.4) is 0 Å². The van der Waals surface area contributed by atoms with Gasteiger partial charge in [-0.15, -0.1) is 0 Å². The molecule has 0 bridgehead atoms. The quantitative estimate of drug-likeness (QED) is 0.481. The van der Waals surface area contributed by atoms with Crippen LogP contribution in [0.4, 0.5) is 0 Å². The zero-order valence-electron chi connectivity index (χ0n) is 7.65. The highest BCUT2D eigenvalue weighted by Gasteiger charge is 2.16. The second-order valence-electron chi connectivity index (χ2n) is 2.77. The van der Waals surface area contributed by atoms with Crippen molar-refractivity contribution in [3.05, 3.63) is 33.8 Å². The topological polar surface area (TPSA) is 81.5 Å². The Bertz CT molecular complexity index is 382. The van der Waals surface area contributed by atoms with Crippen LogP contribution in [0.1, 0.15) is 11.6 Å². The summed E-state index contributed by atoms with van der Waals surface area (Å²) in [7, 11) is 0. The fraction of sp³-hybridized carbons (Fsp3) is 0.111. The van der Waals surface area contributed by atoms with Gasteiger partial charge in [0.05, 0.1) is 0 Å². The highest BCUT2D eigenvalue weighted by Crippen LogP contribution is 2.31. The maximum Gasteiger partial charge on any atom is 0.186 e. The first-order valence-corrected chi connectivity index (χ1v) is 4.79. The van der Waals surface area contributed by atoms with E-state index in [4.69, 9.17) is 34.7 Å². The number of carbonyl (C=O) groups excluding carboxylic acids is 1. The zero-order valence-corrected chi connectivity index (χ0v) is 9.16. The van der Waals surface area contributed by atoms with Crippen LogP contribution in [0, 0.1) is 0 Å². The van der Waals surface area contributed by atoms with Crippen LogP contribution in [-0.4, -0.2) is 12.2 Å². The van der Waals surface area contributed by atoms with Crippen LogP contribution >= 0.6 is 23.2 Å². The van der Waals surface area contributed by atoms with Crippen LogP contribution < -0.4 is 11.5 Å². The second-order valence-corrected chi connectivity index (χ2v) is 3.58. The van der Waals surface area contributed by atoms with E-state index in [-0.39, 0.29) is 5.96 Å². The summed E-state index contributed by atoms with van der Waals surface area (Å²) in [6.45, 7) is 0. The Kier molecular flexibility index (Phi) is 3.94. The number of carbonyl (C=O) groups is 1. The fourth-order valence-corrected chi connectivity index (χ4v) is 1.74. The molecule has 1 rings (SSSR count). The monoisotopic (exact) mass is 245 g/mol. The molecule has 0 saturated heterocycles. The predicted molar refractivity (Wildman–Crippen MR) is 61.1 cm³/mol. The van der Waals surface area contributed by atoms with E-state index >= 15 is 0 Å². The number of benzene rings is 1. The van der Waals surface area contributed by atoms with Gasteiger partial charge < -0.3 is 16.3 Å². The van der Waals surface area contributed by atoms with Crippen molar-refractivity contribution < 1.29 is 4.79 Å². The largest absolute Gasteiger partial charge is 0.370 e. The third kappa shape index (κ3) is 2.84. The van der Waals surface area contributed by atoms with E-state index in [9.17, 15) is 4.79 Å². The fourth-order valence-electron chi connectivity index (χ4n) is 1.12. The summed E-state index contributed by atoms with van der Waals surface area (Å²) in [5.41, 5.74) is 10.8. The molecule has 0 aliphatic rings. The SMILES string of the molecule is NC(N)=NC(C=O)c1c(Cl)cccc1Cl. The Balaban J connectivity index is 3.23. The first-order valence-electron chi connectivity index (χ1n) is 4.04. The highest BCUT2D eigenvalue weighted by molar-refractivity contribution is 6.36. The molecule has 4 nitrogen and oxygen atoms in total. The van der Waals surface area contributed by atoms with Crippen molar-refractivity contribution in [3.63, 3.8) is 0 Å². The second kappa shape index (κ2) is 5.00. The van der Waals surface area contributed by atoms with Crippen LogP contribution in [0.15, 0.2) is 23.2 Å². The van der Waals surface area contributed by atoms with Crippen molar-refractivity contribution in [3.8, 4) is 0 Å². The standard InChI is InChI=1S/C9H9Cl2N3O/c10-5-2-1-3-6(11)8(5)7(4-15)14-9(12)13/h1-4,7H,(H4,12,13,14). The van der Waals surface area contributed by atoms with Gasteiger partial charge in [0.25, 0.3) is 0 Å². The molecule has 15 heavy (non-hydrogen) atoms. The average Bonchev–Trinajstić information content (AvgIpc) is 2.15. The van der Waals surface area contributed by atoms with Gasteiger partial charge in [-0.25, -0.2) is 4.99 Å². The van der Waals surface area contributed by atoms with Crippen molar-refractivity contribution in [1.82, 2.24) is 0 Å². The lowest BCUT2D eigenvalue weighted by Crippen LogP contribution is -2.24. The Hall–Kier alpha value is -1.26. The molecule has 0 heterocycles. The molecule has 0 aliphatic heterocycles. The molecule has 0 saturated carbocycles. The molecule has 0 amide bonds. The van der Waals surface area contributed by atoms with Gasteiger partial charge in [0.15, 0.2) is 5.96 Å². The molecular formula is C9H9Cl2N3O. The van der Waals surface area contributed by atoms with Gasteiger partial charge in [0.1, 0.15) is 12.3 Å². The number of rotatable bonds is 3. The first-order chi connectivity index (χ1) is 7.06. The van der Waals surface area contributed by atoms with Crippen LogP contribution in [0.25, 0.3) is 0 Å². The van der Waals surface area contributed by atoms with Crippen molar-refractivity contribution in [2.45, 2.75) is 6.04 Å². The molecule has 1 atom stereocenters.